The van der Waals surface area contributed by atoms with Gasteiger partial charge in [0.1, 0.15) is 5.60 Å². The summed E-state index contributed by atoms with van der Waals surface area (Å²) >= 11 is 0. The van der Waals surface area contributed by atoms with Crippen LogP contribution < -0.4 is 10.9 Å². The molecule has 2 aliphatic heterocycles. The smallest absolute Gasteiger partial charge is 0.410 e. The van der Waals surface area contributed by atoms with E-state index >= 15 is 0 Å². The van der Waals surface area contributed by atoms with Crippen LogP contribution in [0.4, 0.5) is 10.5 Å². The van der Waals surface area contributed by atoms with Crippen molar-refractivity contribution in [2.45, 2.75) is 52.2 Å². The summed E-state index contributed by atoms with van der Waals surface area (Å²) in [6, 6.07) is 3.31. The van der Waals surface area contributed by atoms with Gasteiger partial charge in [-0.05, 0) is 39.2 Å². The molecule has 1 aromatic heterocycles. The molecule has 1 saturated heterocycles. The van der Waals surface area contributed by atoms with Crippen molar-refractivity contribution in [3.63, 3.8) is 0 Å². The Morgan fingerprint density at radius 1 is 1.20 bits per heavy atom. The molecule has 136 valence electrons. The average Bonchev–Trinajstić information content (AvgIpc) is 2.46. The fraction of sp³-hybridized carbons (Fsp3) is 0.611. The minimum Gasteiger partial charge on any atom is -0.444 e. The third-order valence-corrected chi connectivity index (χ3v) is 4.53. The number of ether oxygens (including phenoxy) is 1. The molecule has 0 aromatic carbocycles. The fourth-order valence-corrected chi connectivity index (χ4v) is 3.71. The van der Waals surface area contributed by atoms with Crippen LogP contribution in [0.15, 0.2) is 16.9 Å². The number of nitrogens with one attached hydrogen (secondary N) is 1. The summed E-state index contributed by atoms with van der Waals surface area (Å²) in [6.45, 7) is 8.68. The minimum atomic E-state index is -0.531. The molecule has 7 nitrogen and oxygen atoms in total. The van der Waals surface area contributed by atoms with Gasteiger partial charge in [0.2, 0.25) is 5.91 Å². The molecule has 25 heavy (non-hydrogen) atoms. The van der Waals surface area contributed by atoms with Crippen molar-refractivity contribution in [2.75, 3.05) is 18.4 Å². The summed E-state index contributed by atoms with van der Waals surface area (Å²) in [7, 11) is 0. The zero-order valence-electron chi connectivity index (χ0n) is 15.2. The first-order valence-electron chi connectivity index (χ1n) is 8.62. The van der Waals surface area contributed by atoms with E-state index in [0.717, 1.165) is 12.1 Å². The maximum Gasteiger partial charge on any atom is 0.410 e. The number of piperidine rings is 1. The highest BCUT2D eigenvalue weighted by Gasteiger charge is 2.38. The van der Waals surface area contributed by atoms with E-state index in [9.17, 15) is 14.4 Å². The van der Waals surface area contributed by atoms with Gasteiger partial charge in [-0.25, -0.2) is 4.79 Å². The van der Waals surface area contributed by atoms with Crippen LogP contribution in [-0.4, -0.2) is 40.2 Å². The molecule has 2 atom stereocenters. The van der Waals surface area contributed by atoms with Gasteiger partial charge < -0.3 is 19.5 Å². The second kappa shape index (κ2) is 6.20. The molecule has 0 aliphatic carbocycles. The van der Waals surface area contributed by atoms with E-state index in [-0.39, 0.29) is 29.4 Å². The van der Waals surface area contributed by atoms with E-state index in [2.05, 4.69) is 5.32 Å². The molecular formula is C18H25N3O4. The Morgan fingerprint density at radius 2 is 1.92 bits per heavy atom. The molecule has 0 radical (unpaired) electrons. The highest BCUT2D eigenvalue weighted by Crippen LogP contribution is 2.36. The number of fused-ring (bicyclic) bond motifs is 4. The van der Waals surface area contributed by atoms with E-state index in [1.54, 1.807) is 9.47 Å². The van der Waals surface area contributed by atoms with Crippen molar-refractivity contribution in [2.24, 2.45) is 5.92 Å². The molecule has 3 heterocycles. The molecule has 2 aliphatic rings. The van der Waals surface area contributed by atoms with E-state index in [1.807, 2.05) is 26.8 Å². The number of likely N-dealkylation sites (tertiary alicyclic amines) is 1. The van der Waals surface area contributed by atoms with Crippen molar-refractivity contribution >= 4 is 17.7 Å². The van der Waals surface area contributed by atoms with E-state index in [4.69, 9.17) is 4.74 Å². The largest absolute Gasteiger partial charge is 0.444 e. The van der Waals surface area contributed by atoms with Crippen LogP contribution in [0.3, 0.4) is 0 Å². The summed E-state index contributed by atoms with van der Waals surface area (Å²) in [4.78, 5) is 37.9. The number of hydrogen-bond donors (Lipinski definition) is 1. The van der Waals surface area contributed by atoms with Gasteiger partial charge >= 0.3 is 6.09 Å². The number of rotatable bonds is 1. The second-order valence-corrected chi connectivity index (χ2v) is 7.98. The molecule has 3 rings (SSSR count). The molecule has 1 fully saturated rings. The topological polar surface area (TPSA) is 80.6 Å². The van der Waals surface area contributed by atoms with Gasteiger partial charge in [-0.3, -0.25) is 9.59 Å². The monoisotopic (exact) mass is 347 g/mol. The van der Waals surface area contributed by atoms with Crippen LogP contribution in [0.25, 0.3) is 0 Å². The van der Waals surface area contributed by atoms with E-state index in [1.165, 1.54) is 13.0 Å². The maximum atomic E-state index is 12.4. The van der Waals surface area contributed by atoms with Gasteiger partial charge in [0.15, 0.2) is 0 Å². The van der Waals surface area contributed by atoms with Crippen molar-refractivity contribution in [1.82, 2.24) is 9.47 Å². The molecule has 7 heteroatoms. The number of aromatic nitrogens is 1. The number of amides is 2. The number of hydrogen-bond acceptors (Lipinski definition) is 4. The van der Waals surface area contributed by atoms with Crippen molar-refractivity contribution in [1.29, 1.82) is 0 Å². The summed E-state index contributed by atoms with van der Waals surface area (Å²) in [5, 5.41) is 2.68. The lowest BCUT2D eigenvalue weighted by Gasteiger charge is -2.43. The Hall–Kier alpha value is -2.31. The third-order valence-electron chi connectivity index (χ3n) is 4.53. The Kier molecular flexibility index (Phi) is 4.34. The average molecular weight is 347 g/mol. The number of anilines is 1. The number of nitrogens with zero attached hydrogens (tertiary/aromatic N) is 2. The number of pyridine rings is 1. The fourth-order valence-electron chi connectivity index (χ4n) is 3.71. The molecule has 2 bridgehead atoms. The summed E-state index contributed by atoms with van der Waals surface area (Å²) in [5.41, 5.74) is 0.746. The van der Waals surface area contributed by atoms with Crippen LogP contribution in [0.5, 0.6) is 0 Å². The standard InChI is InChI=1S/C18H25N3O4/c1-11(22)19-14-6-15-13-5-12(9-21(15)16(23)7-14)8-20(10-13)17(24)25-18(2,3)4/h6-7,12-13H,5,8-10H2,1-4H3,(H,19,22)/t12?,13-/m0/s1. The highest BCUT2D eigenvalue weighted by molar-refractivity contribution is 5.88. The van der Waals surface area contributed by atoms with Crippen molar-refractivity contribution in [3.8, 4) is 0 Å². The Bertz CT molecular complexity index is 763. The zero-order chi connectivity index (χ0) is 18.4. The number of carbonyl (C=O) groups is 2. The number of carbonyl (C=O) groups excluding carboxylic acids is 2. The van der Waals surface area contributed by atoms with Gasteiger partial charge in [-0.1, -0.05) is 0 Å². The third kappa shape index (κ3) is 3.86. The SMILES string of the molecule is CC(=O)Nc1cc2n(c(=O)c1)CC1C[C@H]2CN(C(=O)OC(C)(C)C)C1. The van der Waals surface area contributed by atoms with Crippen LogP contribution >= 0.6 is 0 Å². The predicted octanol–water partition coefficient (Wildman–Crippen LogP) is 2.16. The zero-order valence-corrected chi connectivity index (χ0v) is 15.2. The predicted molar refractivity (Wildman–Crippen MR) is 93.7 cm³/mol. The first-order valence-corrected chi connectivity index (χ1v) is 8.62. The van der Waals surface area contributed by atoms with E-state index < -0.39 is 5.60 Å². The quantitative estimate of drug-likeness (QED) is 0.844. The molecule has 1 unspecified atom stereocenters. The molecular weight excluding hydrogens is 322 g/mol. The van der Waals surface area contributed by atoms with Crippen molar-refractivity contribution in [3.05, 3.63) is 28.2 Å². The minimum absolute atomic E-state index is 0.0708. The lowest BCUT2D eigenvalue weighted by Crippen LogP contribution is -2.50. The molecule has 1 aromatic rings. The van der Waals surface area contributed by atoms with Gasteiger partial charge in [-0.2, -0.15) is 0 Å². The van der Waals surface area contributed by atoms with Crippen LogP contribution in [0.2, 0.25) is 0 Å². The van der Waals surface area contributed by atoms with Crippen LogP contribution in [0.1, 0.15) is 45.7 Å². The summed E-state index contributed by atoms with van der Waals surface area (Å²) in [5.74, 6) is 0.0987. The molecule has 1 N–H and O–H groups in total. The van der Waals surface area contributed by atoms with E-state index in [0.29, 0.717) is 25.3 Å². The van der Waals surface area contributed by atoms with Crippen molar-refractivity contribution < 1.29 is 14.3 Å². The van der Waals surface area contributed by atoms with Gasteiger partial charge in [0.25, 0.3) is 5.56 Å². The Balaban J connectivity index is 1.86. The molecule has 2 amide bonds. The Morgan fingerprint density at radius 3 is 2.56 bits per heavy atom. The molecule has 0 spiro atoms. The second-order valence-electron chi connectivity index (χ2n) is 7.98. The van der Waals surface area contributed by atoms with Gasteiger partial charge in [0, 0.05) is 49.9 Å². The van der Waals surface area contributed by atoms with Crippen LogP contribution in [-0.2, 0) is 16.1 Å². The first-order chi connectivity index (χ1) is 11.6. The summed E-state index contributed by atoms with van der Waals surface area (Å²) in [6.07, 6.45) is 0.624. The van der Waals surface area contributed by atoms with Gasteiger partial charge in [0.05, 0.1) is 0 Å². The normalized spacial score (nSPS) is 22.2. The lowest BCUT2D eigenvalue weighted by atomic mass is 9.83. The first kappa shape index (κ1) is 17.5. The lowest BCUT2D eigenvalue weighted by molar-refractivity contribution is -0.114. The van der Waals surface area contributed by atoms with Crippen LogP contribution in [0, 0.1) is 5.92 Å². The highest BCUT2D eigenvalue weighted by atomic mass is 16.6. The summed E-state index contributed by atoms with van der Waals surface area (Å²) < 4.78 is 7.27. The maximum absolute atomic E-state index is 12.4. The van der Waals surface area contributed by atoms with Gasteiger partial charge in [-0.15, -0.1) is 0 Å². The molecule has 0 saturated carbocycles. The Labute approximate surface area is 147 Å².